The lowest BCUT2D eigenvalue weighted by atomic mass is 9.93. The lowest BCUT2D eigenvalue weighted by Gasteiger charge is -2.10. The van der Waals surface area contributed by atoms with Gasteiger partial charge in [-0.1, -0.05) is 6.07 Å². The summed E-state index contributed by atoms with van der Waals surface area (Å²) in [6, 6.07) is 9.93. The molecule has 0 amide bonds. The van der Waals surface area contributed by atoms with Crippen molar-refractivity contribution < 1.29 is 39.9 Å². The third kappa shape index (κ3) is 3.72. The van der Waals surface area contributed by atoms with Crippen LogP contribution in [0, 0.1) is 0 Å². The Morgan fingerprint density at radius 3 is 1.52 bits per heavy atom. The molecule has 0 unspecified atom stereocenters. The zero-order valence-corrected chi connectivity index (χ0v) is 14.7. The predicted molar refractivity (Wildman–Crippen MR) is 99.8 cm³/mol. The molecule has 0 heterocycles. The van der Waals surface area contributed by atoms with Crippen LogP contribution >= 0.6 is 0 Å². The third-order valence-corrected chi connectivity index (χ3v) is 4.21. The molecule has 0 aliphatic heterocycles. The van der Waals surface area contributed by atoms with Gasteiger partial charge in [-0.05, 0) is 36.4 Å². The fraction of sp³-hybridized carbons (Fsp3) is 0. The maximum atomic E-state index is 12.7. The molecule has 29 heavy (non-hydrogen) atoms. The molecule has 0 saturated carbocycles. The van der Waals surface area contributed by atoms with E-state index in [-0.39, 0.29) is 33.8 Å². The smallest absolute Gasteiger partial charge is 0.336 e. The fourth-order valence-corrected chi connectivity index (χ4v) is 2.79. The SMILES string of the molecule is O=C(c1ccc(C(=O)c2ccc(O)cc2O)c(C(=O)O)c1)c1ccc(O)cc1O. The molecule has 3 aromatic rings. The van der Waals surface area contributed by atoms with E-state index in [0.717, 1.165) is 30.3 Å². The summed E-state index contributed by atoms with van der Waals surface area (Å²) >= 11 is 0. The van der Waals surface area contributed by atoms with E-state index in [1.54, 1.807) is 0 Å². The van der Waals surface area contributed by atoms with Gasteiger partial charge in [-0.15, -0.1) is 0 Å². The first-order valence-corrected chi connectivity index (χ1v) is 8.19. The summed E-state index contributed by atoms with van der Waals surface area (Å²) in [4.78, 5) is 37.0. The molecule has 0 bridgehead atoms. The molecule has 5 N–H and O–H groups in total. The Hall–Kier alpha value is -4.33. The van der Waals surface area contributed by atoms with Crippen molar-refractivity contribution >= 4 is 17.5 Å². The molecular formula is C21H14O8. The highest BCUT2D eigenvalue weighted by molar-refractivity contribution is 6.17. The minimum absolute atomic E-state index is 0.102. The Labute approximate surface area is 163 Å². The molecular weight excluding hydrogens is 380 g/mol. The number of benzene rings is 3. The number of carboxylic acids is 1. The Balaban J connectivity index is 2.06. The Kier molecular flexibility index (Phi) is 4.93. The van der Waals surface area contributed by atoms with Crippen LogP contribution in [0.5, 0.6) is 23.0 Å². The number of phenolic OH excluding ortho intramolecular Hbond substituents is 4. The van der Waals surface area contributed by atoms with E-state index in [9.17, 15) is 39.9 Å². The second kappa shape index (κ2) is 7.35. The van der Waals surface area contributed by atoms with E-state index < -0.39 is 34.6 Å². The quantitative estimate of drug-likeness (QED) is 0.414. The summed E-state index contributed by atoms with van der Waals surface area (Å²) in [6.45, 7) is 0. The number of phenols is 4. The summed E-state index contributed by atoms with van der Waals surface area (Å²) in [5, 5.41) is 47.9. The van der Waals surface area contributed by atoms with Gasteiger partial charge in [-0.2, -0.15) is 0 Å². The normalized spacial score (nSPS) is 10.5. The average Bonchev–Trinajstić information content (AvgIpc) is 2.66. The van der Waals surface area contributed by atoms with E-state index in [1.807, 2.05) is 0 Å². The van der Waals surface area contributed by atoms with Crippen molar-refractivity contribution in [1.29, 1.82) is 0 Å². The van der Waals surface area contributed by atoms with Gasteiger partial charge in [0.2, 0.25) is 0 Å². The zero-order chi connectivity index (χ0) is 21.3. The summed E-state index contributed by atoms with van der Waals surface area (Å²) < 4.78 is 0. The van der Waals surface area contributed by atoms with E-state index in [1.165, 1.54) is 24.3 Å². The minimum Gasteiger partial charge on any atom is -0.508 e. The number of carbonyl (C=O) groups excluding carboxylic acids is 2. The summed E-state index contributed by atoms with van der Waals surface area (Å²) in [5.74, 6) is -4.53. The van der Waals surface area contributed by atoms with Crippen LogP contribution in [0.3, 0.4) is 0 Å². The topological polar surface area (TPSA) is 152 Å². The highest BCUT2D eigenvalue weighted by atomic mass is 16.4. The largest absolute Gasteiger partial charge is 0.508 e. The molecule has 8 heteroatoms. The van der Waals surface area contributed by atoms with Crippen LogP contribution < -0.4 is 0 Å². The van der Waals surface area contributed by atoms with Crippen molar-refractivity contribution in [2.45, 2.75) is 0 Å². The van der Waals surface area contributed by atoms with Crippen molar-refractivity contribution in [3.8, 4) is 23.0 Å². The second-order valence-electron chi connectivity index (χ2n) is 6.13. The van der Waals surface area contributed by atoms with Gasteiger partial charge in [0.25, 0.3) is 0 Å². The van der Waals surface area contributed by atoms with Gasteiger partial charge < -0.3 is 25.5 Å². The molecule has 3 aromatic carbocycles. The number of rotatable bonds is 5. The van der Waals surface area contributed by atoms with Crippen LogP contribution in [0.4, 0.5) is 0 Å². The van der Waals surface area contributed by atoms with Gasteiger partial charge >= 0.3 is 5.97 Å². The monoisotopic (exact) mass is 394 g/mol. The second-order valence-corrected chi connectivity index (χ2v) is 6.13. The number of aromatic carboxylic acids is 1. The highest BCUT2D eigenvalue weighted by Gasteiger charge is 2.23. The molecule has 0 aromatic heterocycles. The number of carboxylic acid groups (broad SMARTS) is 1. The first kappa shape index (κ1) is 19.4. The molecule has 146 valence electrons. The number of hydrogen-bond acceptors (Lipinski definition) is 7. The Morgan fingerprint density at radius 2 is 1.03 bits per heavy atom. The Morgan fingerprint density at radius 1 is 0.552 bits per heavy atom. The molecule has 0 saturated heterocycles. The van der Waals surface area contributed by atoms with Crippen LogP contribution in [-0.4, -0.2) is 43.1 Å². The van der Waals surface area contributed by atoms with Gasteiger partial charge in [0.05, 0.1) is 16.7 Å². The van der Waals surface area contributed by atoms with Crippen molar-refractivity contribution in [2.75, 3.05) is 0 Å². The molecule has 0 atom stereocenters. The standard InChI is InChI=1S/C21H14O8/c22-11-2-5-14(17(24)8-11)19(26)10-1-4-13(16(7-10)21(28)29)20(27)15-6-3-12(23)9-18(15)25/h1-9,22-25H,(H,28,29). The third-order valence-electron chi connectivity index (χ3n) is 4.21. The molecule has 0 spiro atoms. The fourth-order valence-electron chi connectivity index (χ4n) is 2.79. The lowest BCUT2D eigenvalue weighted by Crippen LogP contribution is -2.12. The first-order chi connectivity index (χ1) is 13.7. The summed E-state index contributed by atoms with van der Waals surface area (Å²) in [5.41, 5.74) is -1.23. The minimum atomic E-state index is -1.48. The molecule has 0 aliphatic carbocycles. The summed E-state index contributed by atoms with van der Waals surface area (Å²) in [6.07, 6.45) is 0. The van der Waals surface area contributed by atoms with Gasteiger partial charge in [-0.25, -0.2) is 4.79 Å². The van der Waals surface area contributed by atoms with Crippen LogP contribution in [0.2, 0.25) is 0 Å². The van der Waals surface area contributed by atoms with Crippen LogP contribution in [-0.2, 0) is 0 Å². The highest BCUT2D eigenvalue weighted by Crippen LogP contribution is 2.28. The maximum absolute atomic E-state index is 12.7. The average molecular weight is 394 g/mol. The number of ketones is 2. The molecule has 0 aliphatic rings. The van der Waals surface area contributed by atoms with Crippen molar-refractivity contribution in [3.63, 3.8) is 0 Å². The molecule has 8 nitrogen and oxygen atoms in total. The van der Waals surface area contributed by atoms with Crippen LogP contribution in [0.15, 0.2) is 54.6 Å². The zero-order valence-electron chi connectivity index (χ0n) is 14.7. The van der Waals surface area contributed by atoms with Gasteiger partial charge in [0.15, 0.2) is 11.6 Å². The molecule has 0 radical (unpaired) electrons. The number of hydrogen-bond donors (Lipinski definition) is 5. The Bertz CT molecular complexity index is 1160. The van der Waals surface area contributed by atoms with Crippen molar-refractivity contribution in [3.05, 3.63) is 82.4 Å². The van der Waals surface area contributed by atoms with E-state index in [2.05, 4.69) is 0 Å². The first-order valence-electron chi connectivity index (χ1n) is 8.19. The lowest BCUT2D eigenvalue weighted by molar-refractivity contribution is 0.0692. The molecule has 3 rings (SSSR count). The van der Waals surface area contributed by atoms with E-state index >= 15 is 0 Å². The van der Waals surface area contributed by atoms with Gasteiger partial charge in [0.1, 0.15) is 23.0 Å². The van der Waals surface area contributed by atoms with Crippen LogP contribution in [0.1, 0.15) is 42.2 Å². The molecule has 0 fully saturated rings. The van der Waals surface area contributed by atoms with E-state index in [0.29, 0.717) is 0 Å². The number of carbonyl (C=O) groups is 3. The van der Waals surface area contributed by atoms with Crippen molar-refractivity contribution in [2.24, 2.45) is 0 Å². The predicted octanol–water partition coefficient (Wildman–Crippen LogP) is 2.67. The van der Waals surface area contributed by atoms with Crippen LogP contribution in [0.25, 0.3) is 0 Å². The number of aromatic hydroxyl groups is 4. The van der Waals surface area contributed by atoms with Gasteiger partial charge in [-0.3, -0.25) is 9.59 Å². The maximum Gasteiger partial charge on any atom is 0.336 e. The summed E-state index contributed by atoms with van der Waals surface area (Å²) in [7, 11) is 0. The van der Waals surface area contributed by atoms with Crippen molar-refractivity contribution in [1.82, 2.24) is 0 Å². The van der Waals surface area contributed by atoms with Gasteiger partial charge in [0, 0.05) is 23.3 Å². The van der Waals surface area contributed by atoms with E-state index in [4.69, 9.17) is 0 Å².